The topological polar surface area (TPSA) is 240 Å². The fraction of sp³-hybridized carbons (Fsp3) is 0.429. The molecule has 364 valence electrons. The molecule has 4 atom stereocenters. The molecule has 1 unspecified atom stereocenters. The molecule has 0 radical (unpaired) electrons. The number of hydrogen-bond acceptors (Lipinski definition) is 12. The van der Waals surface area contributed by atoms with Gasteiger partial charge in [-0.3, -0.25) is 44.5 Å². The lowest BCUT2D eigenvalue weighted by Crippen LogP contribution is -2.59. The van der Waals surface area contributed by atoms with Crippen LogP contribution in [0.3, 0.4) is 0 Å². The maximum Gasteiger partial charge on any atom is 0.276 e. The van der Waals surface area contributed by atoms with Crippen molar-refractivity contribution in [3.05, 3.63) is 94.4 Å². The molecule has 1 aliphatic carbocycles. The number of thiazole rings is 1. The highest BCUT2D eigenvalue weighted by Gasteiger charge is 2.53. The molecule has 3 fully saturated rings. The molecule has 2 aromatic heterocycles. The van der Waals surface area contributed by atoms with Crippen LogP contribution in [0, 0.1) is 12.3 Å². The van der Waals surface area contributed by atoms with E-state index >= 15 is 0 Å². The number of amides is 6. The van der Waals surface area contributed by atoms with Gasteiger partial charge in [0.1, 0.15) is 23.7 Å². The Morgan fingerprint density at radius 2 is 1.74 bits per heavy atom. The number of imidazole rings is 1. The predicted molar refractivity (Wildman–Crippen MR) is 255 cm³/mol. The van der Waals surface area contributed by atoms with E-state index in [1.54, 1.807) is 44.5 Å². The third-order valence-electron chi connectivity index (χ3n) is 12.8. The number of hydrazine groups is 1. The van der Waals surface area contributed by atoms with E-state index in [0.29, 0.717) is 22.9 Å². The number of halogens is 1. The van der Waals surface area contributed by atoms with Crippen molar-refractivity contribution in [2.45, 2.75) is 110 Å². The minimum atomic E-state index is -2.01. The van der Waals surface area contributed by atoms with Crippen molar-refractivity contribution in [1.29, 1.82) is 0 Å². The number of carbonyl (C=O) groups excluding carboxylic acids is 6. The number of H-pyrrole nitrogens is 1. The van der Waals surface area contributed by atoms with Crippen LogP contribution in [-0.4, -0.2) is 115 Å². The average Bonchev–Trinajstić information content (AvgIpc) is 3.71. The van der Waals surface area contributed by atoms with Gasteiger partial charge in [0.2, 0.25) is 11.8 Å². The number of nitrogens with one attached hydrogen (secondary N) is 6. The highest BCUT2D eigenvalue weighted by Crippen LogP contribution is 2.40. The molecule has 4 heterocycles. The average molecular weight is 965 g/mol. The van der Waals surface area contributed by atoms with Crippen molar-refractivity contribution in [2.75, 3.05) is 25.0 Å². The number of aromatic nitrogens is 3. The Balaban J connectivity index is 0.858. The van der Waals surface area contributed by atoms with E-state index < -0.39 is 65.4 Å². The van der Waals surface area contributed by atoms with Crippen molar-refractivity contribution in [2.24, 2.45) is 5.41 Å². The highest BCUT2D eigenvalue weighted by atomic mass is 32.1. The number of anilines is 1. The molecule has 0 spiro atoms. The smallest absolute Gasteiger partial charge is 0.276 e. The summed E-state index contributed by atoms with van der Waals surface area (Å²) in [6.07, 6.45) is 1.42. The van der Waals surface area contributed by atoms with Gasteiger partial charge in [-0.15, -0.1) is 11.3 Å². The van der Waals surface area contributed by atoms with E-state index in [1.165, 1.54) is 53.3 Å². The minimum Gasteiger partial charge on any atom is -0.483 e. The number of alkyl halides is 1. The predicted octanol–water partition coefficient (Wildman–Crippen LogP) is 4.68. The van der Waals surface area contributed by atoms with Crippen molar-refractivity contribution < 1.29 is 43.0 Å². The number of nitrogens with zero attached hydrogens (tertiary/aromatic N) is 4. The van der Waals surface area contributed by atoms with Crippen LogP contribution in [0.1, 0.15) is 97.6 Å². The molecule has 2 aliphatic heterocycles. The third-order valence-corrected chi connectivity index (χ3v) is 13.8. The summed E-state index contributed by atoms with van der Waals surface area (Å²) in [5.41, 5.74) is 8.23. The number of ether oxygens (including phenoxy) is 1. The van der Waals surface area contributed by atoms with Gasteiger partial charge in [0.25, 0.3) is 23.6 Å². The zero-order valence-corrected chi connectivity index (χ0v) is 39.9. The summed E-state index contributed by atoms with van der Waals surface area (Å²) in [7, 11) is 0. The molecule has 3 aromatic carbocycles. The van der Waals surface area contributed by atoms with E-state index in [2.05, 4.69) is 48.6 Å². The van der Waals surface area contributed by atoms with Gasteiger partial charge < -0.3 is 35.7 Å². The number of aliphatic hydroxyl groups excluding tert-OH is 1. The van der Waals surface area contributed by atoms with Gasteiger partial charge in [0.05, 0.1) is 39.8 Å². The highest BCUT2D eigenvalue weighted by molar-refractivity contribution is 7.13. The lowest BCUT2D eigenvalue weighted by atomic mass is 9.85. The first-order valence-corrected chi connectivity index (χ1v) is 23.9. The second-order valence-electron chi connectivity index (χ2n) is 19.1. The number of benzene rings is 3. The van der Waals surface area contributed by atoms with Crippen molar-refractivity contribution in [3.63, 3.8) is 0 Å². The van der Waals surface area contributed by atoms with Gasteiger partial charge in [-0.2, -0.15) is 0 Å². The van der Waals surface area contributed by atoms with Crippen LogP contribution in [-0.2, 0) is 32.3 Å². The number of likely N-dealkylation sites (tertiary alicyclic amines) is 2. The van der Waals surface area contributed by atoms with E-state index in [4.69, 9.17) is 9.72 Å². The number of carbonyl (C=O) groups is 6. The summed E-state index contributed by atoms with van der Waals surface area (Å²) in [5.74, 6) is -2.66. The third kappa shape index (κ3) is 11.4. The first-order valence-electron chi connectivity index (χ1n) is 23.0. The molecule has 0 bridgehead atoms. The molecule has 2 saturated heterocycles. The Morgan fingerprint density at radius 3 is 2.41 bits per heavy atom. The molecular weight excluding hydrogens is 908 g/mol. The molecule has 69 heavy (non-hydrogen) atoms. The van der Waals surface area contributed by atoms with E-state index in [1.807, 2.05) is 25.1 Å². The van der Waals surface area contributed by atoms with Crippen LogP contribution >= 0.6 is 11.3 Å². The normalized spacial score (nSPS) is 19.2. The van der Waals surface area contributed by atoms with Crippen molar-refractivity contribution in [1.82, 2.24) is 46.2 Å². The number of aliphatic hydroxyl groups is 1. The molecule has 8 rings (SSSR count). The van der Waals surface area contributed by atoms with Crippen molar-refractivity contribution >= 4 is 63.5 Å². The zero-order chi connectivity index (χ0) is 49.2. The summed E-state index contributed by atoms with van der Waals surface area (Å²) in [5, 5.41) is 18.9. The molecule has 20 heteroatoms. The lowest BCUT2D eigenvalue weighted by molar-refractivity contribution is -0.145. The Bertz CT molecular complexity index is 2770. The van der Waals surface area contributed by atoms with E-state index in [-0.39, 0.29) is 49.6 Å². The number of β-amino-alcohol motifs (C(OH)–C–C–N with tert-alkyl or cyclic N) is 1. The van der Waals surface area contributed by atoms with Gasteiger partial charge in [-0.25, -0.2) is 14.4 Å². The standard InChI is InChI=1S/C49H57FN10O8S/c1-27-7-6-18-59(27)24-39-54-35-15-14-33(20-36(35)55-39)53-43(63)29-8-10-30(11-9-29)44(64)58-57-40(62)25-68-38-19-31(41-28(2)52-26-69-41)12-13-32(38)22-51-45(65)37-21-34(61)23-60(37)46(66)42(48(3,4)5)56-47(67)49(50)16-17-49/h8-15,19-20,26-27,34,37,42,61H,6-7,16-18,21-25H2,1-5H3,(H,51,65)(H,53,63)(H,54,55)(H,56,67)(H,57,62)(H,58,64)/t27-,34+,37-,42?/m0/s1. The monoisotopic (exact) mass is 964 g/mol. The van der Waals surface area contributed by atoms with Crippen LogP contribution in [0.2, 0.25) is 0 Å². The van der Waals surface area contributed by atoms with Gasteiger partial charge in [0.15, 0.2) is 12.3 Å². The number of aryl methyl sites for hydroxylation is 1. The summed E-state index contributed by atoms with van der Waals surface area (Å²) < 4.78 is 20.6. The summed E-state index contributed by atoms with van der Waals surface area (Å²) >= 11 is 1.41. The van der Waals surface area contributed by atoms with Gasteiger partial charge in [-0.05, 0) is 106 Å². The number of fused-ring (bicyclic) bond motifs is 1. The maximum atomic E-state index is 14.6. The largest absolute Gasteiger partial charge is 0.483 e. The Kier molecular flexibility index (Phi) is 14.2. The molecule has 5 aromatic rings. The fourth-order valence-electron chi connectivity index (χ4n) is 8.56. The molecule has 6 amide bonds. The SMILES string of the molecule is Cc1ncsc1-c1ccc(CNC(=O)[C@@H]2C[C@@H](O)CN2C(=O)C(NC(=O)C2(F)CC2)C(C)(C)C)c(OCC(=O)NNC(=O)c2ccc(C(=O)Nc3ccc4nc(CN5CCC[C@@H]5C)[nH]c4c3)cc2)c1. The summed E-state index contributed by atoms with van der Waals surface area (Å²) in [6, 6.07) is 14.9. The van der Waals surface area contributed by atoms with Crippen LogP contribution in [0.4, 0.5) is 10.1 Å². The first kappa shape index (κ1) is 48.7. The van der Waals surface area contributed by atoms with Crippen LogP contribution < -0.4 is 31.5 Å². The molecule has 3 aliphatic rings. The second-order valence-corrected chi connectivity index (χ2v) is 20.0. The summed E-state index contributed by atoms with van der Waals surface area (Å²) in [6.45, 7) is 10.2. The van der Waals surface area contributed by atoms with E-state index in [0.717, 1.165) is 46.1 Å². The van der Waals surface area contributed by atoms with Crippen LogP contribution in [0.15, 0.2) is 66.2 Å². The Morgan fingerprint density at radius 1 is 1.00 bits per heavy atom. The van der Waals surface area contributed by atoms with Gasteiger partial charge >= 0.3 is 0 Å². The number of rotatable bonds is 15. The fourth-order valence-corrected chi connectivity index (χ4v) is 9.36. The Hall–Kier alpha value is -6.77. The maximum absolute atomic E-state index is 14.6. The number of hydrogen-bond donors (Lipinski definition) is 7. The van der Waals surface area contributed by atoms with Crippen LogP contribution in [0.25, 0.3) is 21.5 Å². The molecule has 18 nitrogen and oxygen atoms in total. The lowest BCUT2D eigenvalue weighted by Gasteiger charge is -2.35. The van der Waals surface area contributed by atoms with E-state index in [9.17, 15) is 38.3 Å². The van der Waals surface area contributed by atoms with Gasteiger partial charge in [-0.1, -0.05) is 32.9 Å². The van der Waals surface area contributed by atoms with Gasteiger partial charge in [0, 0.05) is 47.9 Å². The number of aromatic amines is 1. The quantitative estimate of drug-likeness (QED) is 0.0711. The molecule has 7 N–H and O–H groups in total. The second kappa shape index (κ2) is 20.1. The summed E-state index contributed by atoms with van der Waals surface area (Å²) in [4.78, 5) is 96.5. The molecular formula is C49H57FN10O8S. The zero-order valence-electron chi connectivity index (χ0n) is 39.1. The molecule has 1 saturated carbocycles. The Labute approximate surface area is 402 Å². The van der Waals surface area contributed by atoms with Crippen molar-refractivity contribution in [3.8, 4) is 16.2 Å². The minimum absolute atomic E-state index is 0.0582. The first-order chi connectivity index (χ1) is 32.8. The van der Waals surface area contributed by atoms with Crippen LogP contribution in [0.5, 0.6) is 5.75 Å².